The molecule has 1 aliphatic heterocycles. The summed E-state index contributed by atoms with van der Waals surface area (Å²) in [5.41, 5.74) is 3.05. The first kappa shape index (κ1) is 12.0. The lowest BCUT2D eigenvalue weighted by atomic mass is 9.96. The van der Waals surface area contributed by atoms with E-state index in [1.54, 1.807) is 0 Å². The van der Waals surface area contributed by atoms with Gasteiger partial charge in [0, 0.05) is 11.3 Å². The number of aryl methyl sites for hydroxylation is 2. The van der Waals surface area contributed by atoms with E-state index < -0.39 is 11.9 Å². The van der Waals surface area contributed by atoms with Gasteiger partial charge in [-0.15, -0.1) is 0 Å². The maximum absolute atomic E-state index is 11.3. The van der Waals surface area contributed by atoms with E-state index in [4.69, 9.17) is 4.42 Å². The van der Waals surface area contributed by atoms with Crippen molar-refractivity contribution in [2.45, 2.75) is 32.6 Å². The highest BCUT2D eigenvalue weighted by Gasteiger charge is 2.30. The Morgan fingerprint density at radius 3 is 2.42 bits per heavy atom. The molecule has 1 fully saturated rings. The van der Waals surface area contributed by atoms with Crippen LogP contribution in [0.2, 0.25) is 0 Å². The van der Waals surface area contributed by atoms with E-state index in [0.29, 0.717) is 5.76 Å². The summed E-state index contributed by atoms with van der Waals surface area (Å²) in [6, 6.07) is 6.01. The number of furan rings is 1. The molecule has 0 bridgehead atoms. The first-order valence-corrected chi connectivity index (χ1v) is 6.27. The van der Waals surface area contributed by atoms with Crippen molar-refractivity contribution in [1.82, 2.24) is 0 Å². The van der Waals surface area contributed by atoms with Gasteiger partial charge in [0.15, 0.2) is 0 Å². The number of carbonyl (C=O) groups is 2. The number of esters is 2. The van der Waals surface area contributed by atoms with Crippen LogP contribution in [0.1, 0.15) is 35.6 Å². The van der Waals surface area contributed by atoms with Crippen LogP contribution < -0.4 is 0 Å². The molecule has 1 saturated heterocycles. The number of cyclic esters (lactones) is 2. The van der Waals surface area contributed by atoms with Crippen molar-refractivity contribution in [2.24, 2.45) is 0 Å². The molecule has 3 rings (SSSR count). The number of benzene rings is 1. The Balaban J connectivity index is 2.03. The van der Waals surface area contributed by atoms with Gasteiger partial charge >= 0.3 is 11.9 Å². The van der Waals surface area contributed by atoms with Crippen molar-refractivity contribution in [3.05, 3.63) is 35.1 Å². The molecule has 0 amide bonds. The summed E-state index contributed by atoms with van der Waals surface area (Å²) in [6.45, 7) is 4.02. The molecule has 0 saturated carbocycles. The molecule has 1 aromatic heterocycles. The predicted molar refractivity (Wildman–Crippen MR) is 68.8 cm³/mol. The summed E-state index contributed by atoms with van der Waals surface area (Å²) in [4.78, 5) is 22.6. The molecule has 19 heavy (non-hydrogen) atoms. The average Bonchev–Trinajstić information content (AvgIpc) is 2.71. The first-order valence-electron chi connectivity index (χ1n) is 6.27. The van der Waals surface area contributed by atoms with Gasteiger partial charge < -0.3 is 9.15 Å². The number of hydrogen-bond acceptors (Lipinski definition) is 4. The molecule has 4 heteroatoms. The highest BCUT2D eigenvalue weighted by atomic mass is 16.6. The summed E-state index contributed by atoms with van der Waals surface area (Å²) < 4.78 is 10.4. The zero-order valence-corrected chi connectivity index (χ0v) is 10.9. The fourth-order valence-corrected chi connectivity index (χ4v) is 2.62. The fraction of sp³-hybridized carbons (Fsp3) is 0.333. The Labute approximate surface area is 110 Å². The molecule has 0 unspecified atom stereocenters. The molecule has 2 heterocycles. The first-order chi connectivity index (χ1) is 9.02. The van der Waals surface area contributed by atoms with Crippen molar-refractivity contribution in [1.29, 1.82) is 0 Å². The molecule has 0 N–H and O–H groups in total. The van der Waals surface area contributed by atoms with Crippen LogP contribution in [0.25, 0.3) is 11.0 Å². The van der Waals surface area contributed by atoms with Crippen LogP contribution in [0.15, 0.2) is 22.6 Å². The van der Waals surface area contributed by atoms with Crippen LogP contribution in [-0.4, -0.2) is 11.9 Å². The standard InChI is InChI=1S/C15H14O4/c1-8-3-9(2)15-11(4-8)5-12(18-15)10-6-13(16)19-14(17)7-10/h3-5,10H,6-7H2,1-2H3. The monoisotopic (exact) mass is 258 g/mol. The minimum absolute atomic E-state index is 0.198. The van der Waals surface area contributed by atoms with Crippen LogP contribution >= 0.6 is 0 Å². The van der Waals surface area contributed by atoms with Crippen molar-refractivity contribution in [3.8, 4) is 0 Å². The summed E-state index contributed by atoms with van der Waals surface area (Å²) in [6.07, 6.45) is 0.396. The Bertz CT molecular complexity index is 665. The van der Waals surface area contributed by atoms with E-state index in [1.807, 2.05) is 26.0 Å². The summed E-state index contributed by atoms with van der Waals surface area (Å²) in [7, 11) is 0. The summed E-state index contributed by atoms with van der Waals surface area (Å²) >= 11 is 0. The minimum atomic E-state index is -0.477. The zero-order valence-electron chi connectivity index (χ0n) is 10.9. The van der Waals surface area contributed by atoms with E-state index in [0.717, 1.165) is 22.1 Å². The maximum Gasteiger partial charge on any atom is 0.314 e. The Kier molecular flexibility index (Phi) is 2.66. The molecule has 4 nitrogen and oxygen atoms in total. The molecule has 0 radical (unpaired) electrons. The topological polar surface area (TPSA) is 56.5 Å². The lowest BCUT2D eigenvalue weighted by Gasteiger charge is -2.17. The van der Waals surface area contributed by atoms with Gasteiger partial charge in [-0.3, -0.25) is 9.59 Å². The van der Waals surface area contributed by atoms with Gasteiger partial charge in [0.05, 0.1) is 12.8 Å². The van der Waals surface area contributed by atoms with Crippen molar-refractivity contribution in [2.75, 3.05) is 0 Å². The second-order valence-electron chi connectivity index (χ2n) is 5.10. The van der Waals surface area contributed by atoms with Crippen molar-refractivity contribution in [3.63, 3.8) is 0 Å². The number of ether oxygens (including phenoxy) is 1. The smallest absolute Gasteiger partial charge is 0.314 e. The van der Waals surface area contributed by atoms with Gasteiger partial charge in [-0.05, 0) is 31.5 Å². The molecule has 2 aromatic rings. The highest BCUT2D eigenvalue weighted by Crippen LogP contribution is 2.33. The molecular formula is C15H14O4. The number of carbonyl (C=O) groups excluding carboxylic acids is 2. The number of fused-ring (bicyclic) bond motifs is 1. The molecule has 1 aromatic carbocycles. The van der Waals surface area contributed by atoms with Crippen LogP contribution in [0.5, 0.6) is 0 Å². The van der Waals surface area contributed by atoms with Crippen molar-refractivity contribution < 1.29 is 18.7 Å². The van der Waals surface area contributed by atoms with Gasteiger partial charge in [0.1, 0.15) is 11.3 Å². The SMILES string of the molecule is Cc1cc(C)c2oc(C3CC(=O)OC(=O)C3)cc2c1. The van der Waals surface area contributed by atoms with E-state index in [2.05, 4.69) is 10.8 Å². The van der Waals surface area contributed by atoms with Crippen LogP contribution in [0.3, 0.4) is 0 Å². The van der Waals surface area contributed by atoms with E-state index in [1.165, 1.54) is 0 Å². The number of rotatable bonds is 1. The van der Waals surface area contributed by atoms with Crippen LogP contribution in [0, 0.1) is 13.8 Å². The van der Waals surface area contributed by atoms with Gasteiger partial charge in [0.2, 0.25) is 0 Å². The zero-order chi connectivity index (χ0) is 13.6. The Hall–Kier alpha value is -2.10. The molecular weight excluding hydrogens is 244 g/mol. The number of hydrogen-bond donors (Lipinski definition) is 0. The highest BCUT2D eigenvalue weighted by molar-refractivity contribution is 5.90. The second kappa shape index (κ2) is 4.23. The van der Waals surface area contributed by atoms with Crippen molar-refractivity contribution >= 4 is 22.9 Å². The second-order valence-corrected chi connectivity index (χ2v) is 5.10. The predicted octanol–water partition coefficient (Wildman–Crippen LogP) is 3.00. The molecule has 98 valence electrons. The van der Waals surface area contributed by atoms with E-state index in [9.17, 15) is 9.59 Å². The third-order valence-corrected chi connectivity index (χ3v) is 3.42. The third kappa shape index (κ3) is 2.14. The van der Waals surface area contributed by atoms with Gasteiger partial charge in [-0.2, -0.15) is 0 Å². The molecule has 1 aliphatic rings. The van der Waals surface area contributed by atoms with E-state index in [-0.39, 0.29) is 18.8 Å². The van der Waals surface area contributed by atoms with Gasteiger partial charge in [0.25, 0.3) is 0 Å². The molecule has 0 spiro atoms. The molecule has 0 aliphatic carbocycles. The fourth-order valence-electron chi connectivity index (χ4n) is 2.62. The third-order valence-electron chi connectivity index (χ3n) is 3.42. The normalized spacial score (nSPS) is 16.9. The minimum Gasteiger partial charge on any atom is -0.460 e. The summed E-state index contributed by atoms with van der Waals surface area (Å²) in [5.74, 6) is -0.473. The van der Waals surface area contributed by atoms with Crippen LogP contribution in [0.4, 0.5) is 0 Å². The maximum atomic E-state index is 11.3. The van der Waals surface area contributed by atoms with E-state index >= 15 is 0 Å². The van der Waals surface area contributed by atoms with Gasteiger partial charge in [-0.1, -0.05) is 11.6 Å². The Morgan fingerprint density at radius 1 is 1.05 bits per heavy atom. The van der Waals surface area contributed by atoms with Crippen LogP contribution in [-0.2, 0) is 14.3 Å². The van der Waals surface area contributed by atoms with Gasteiger partial charge in [-0.25, -0.2) is 0 Å². The molecule has 0 atom stereocenters. The lowest BCUT2D eigenvalue weighted by molar-refractivity contribution is -0.164. The summed E-state index contributed by atoms with van der Waals surface area (Å²) in [5, 5.41) is 1.01. The quantitative estimate of drug-likeness (QED) is 0.583. The average molecular weight is 258 g/mol. The Morgan fingerprint density at radius 2 is 1.74 bits per heavy atom. The largest absolute Gasteiger partial charge is 0.460 e. The lowest BCUT2D eigenvalue weighted by Crippen LogP contribution is -2.23.